The van der Waals surface area contributed by atoms with Crippen LogP contribution in [0.1, 0.15) is 61.0 Å². The van der Waals surface area contributed by atoms with Crippen LogP contribution in [0.25, 0.3) is 0 Å². The molecule has 0 aromatic heterocycles. The lowest BCUT2D eigenvalue weighted by atomic mass is 10.1. The summed E-state index contributed by atoms with van der Waals surface area (Å²) in [5, 5.41) is 0.389. The van der Waals surface area contributed by atoms with Gasteiger partial charge in [0.15, 0.2) is 0 Å². The van der Waals surface area contributed by atoms with Crippen LogP contribution in [0.4, 0.5) is 0 Å². The van der Waals surface area contributed by atoms with E-state index in [4.69, 9.17) is 102 Å². The summed E-state index contributed by atoms with van der Waals surface area (Å²) in [5.41, 5.74) is 2.75. The largest absolute Gasteiger partial charge is 0.461 e. The molecule has 0 heterocycles. The molecule has 358 valence electrons. The van der Waals surface area contributed by atoms with Gasteiger partial charge in [-0.25, -0.2) is 0 Å². The van der Waals surface area contributed by atoms with Crippen LogP contribution in [-0.4, -0.2) is 71.1 Å². The van der Waals surface area contributed by atoms with Crippen molar-refractivity contribution in [1.29, 1.82) is 0 Å². The number of halogens is 6. The topological polar surface area (TPSA) is 189 Å². The van der Waals surface area contributed by atoms with Gasteiger partial charge in [0.2, 0.25) is 0 Å². The lowest BCUT2D eigenvalue weighted by molar-refractivity contribution is -0.150. The molecule has 0 aliphatic carbocycles. The molecule has 0 aliphatic rings. The molecule has 3 aromatic rings. The van der Waals surface area contributed by atoms with E-state index in [2.05, 4.69) is 0 Å². The standard InChI is InChI=1S/C14H21O5P.C12H15Cl2O3P.C12H17O5P.2CH2Cl2.3H2/c1-12(9-10-20(16,17-2)18-3)14(15)19-11-13-7-5-4-6-8-13;1-10(7-8-18(13,14)16)12(15)17-9-11-5-3-2-4-6-11;1-10(7-8-18(14,15)16)12(13)17-9-11-5-3-2-4-6-11;2*2-1-3;;;/h4-8,12H,9-11H2,1-3H3;2-6,10H,7-9H2,1H3;2-6,10H,7-9H2,1H3,(H2,14,15,16);2*1H2;3*1H/t12-;2*10-;;;;;/m111...../s1/i;;;;;3*1+1. The first-order valence-corrected chi connectivity index (χ1v) is 28.1. The predicted octanol–water partition coefficient (Wildman–Crippen LogP) is 13.2. The average molecular weight is 1060 g/mol. The Morgan fingerprint density at radius 1 is 0.532 bits per heavy atom. The van der Waals surface area contributed by atoms with Crippen LogP contribution < -0.4 is 0 Å². The zero-order chi connectivity index (χ0) is 47.6. The number of rotatable bonds is 20. The molecule has 0 bridgehead atoms. The van der Waals surface area contributed by atoms with Crippen molar-refractivity contribution in [3.63, 3.8) is 0 Å². The van der Waals surface area contributed by atoms with Crippen molar-refractivity contribution in [2.24, 2.45) is 17.8 Å². The smallest absolute Gasteiger partial charge is 0.330 e. The van der Waals surface area contributed by atoms with Crippen LogP contribution in [0.3, 0.4) is 0 Å². The molecule has 0 aliphatic heterocycles. The highest BCUT2D eigenvalue weighted by Gasteiger charge is 2.25. The summed E-state index contributed by atoms with van der Waals surface area (Å²) in [5.74, 6) is -5.41. The number of hydrogen-bond donors (Lipinski definition) is 2. The number of hydrogen-bond acceptors (Lipinski definition) is 11. The molecule has 62 heavy (non-hydrogen) atoms. The van der Waals surface area contributed by atoms with Gasteiger partial charge in [0, 0.05) is 24.7 Å². The Hall–Kier alpha value is -1.66. The summed E-state index contributed by atoms with van der Waals surface area (Å²) < 4.78 is 58.7. The van der Waals surface area contributed by atoms with Crippen molar-refractivity contribution >= 4 is 108 Å². The van der Waals surface area contributed by atoms with Gasteiger partial charge in [-0.1, -0.05) is 112 Å². The molecule has 0 saturated carbocycles. The summed E-state index contributed by atoms with van der Waals surface area (Å²) in [4.78, 5) is 52.4. The fourth-order valence-corrected chi connectivity index (χ4v) is 7.50. The Kier molecular flexibility index (Phi) is 36.8. The minimum Gasteiger partial charge on any atom is -0.461 e. The fourth-order valence-electron chi connectivity index (χ4n) is 4.28. The first-order chi connectivity index (χ1) is 29.1. The van der Waals surface area contributed by atoms with E-state index in [0.29, 0.717) is 12.8 Å². The predicted molar refractivity (Wildman–Crippen MR) is 257 cm³/mol. The first-order valence-electron chi connectivity index (χ1n) is 18.7. The normalized spacial score (nSPS) is 12.3. The molecule has 0 saturated heterocycles. The quantitative estimate of drug-likeness (QED) is 0.0471. The number of ether oxygens (including phenoxy) is 3. The number of alkyl halides is 4. The fraction of sp³-hybridized carbons (Fsp3) is 0.475. The Labute approximate surface area is 399 Å². The first kappa shape index (κ1) is 62.4. The lowest BCUT2D eigenvalue weighted by Gasteiger charge is -2.16. The Morgan fingerprint density at radius 3 is 1.03 bits per heavy atom. The molecule has 2 N–H and O–H groups in total. The molecule has 0 amide bonds. The third kappa shape index (κ3) is 35.7. The Balaban J connectivity index is -0.000000255. The summed E-state index contributed by atoms with van der Waals surface area (Å²) >= 11 is 29.9. The van der Waals surface area contributed by atoms with Gasteiger partial charge in [0.05, 0.1) is 40.8 Å². The molecule has 3 aromatic carbocycles. The minimum atomic E-state index is -4.04. The van der Waals surface area contributed by atoms with E-state index >= 15 is 0 Å². The number of esters is 3. The van der Waals surface area contributed by atoms with Gasteiger partial charge in [-0.3, -0.25) is 28.1 Å². The summed E-state index contributed by atoms with van der Waals surface area (Å²) in [7, 11) is -4.43. The van der Waals surface area contributed by atoms with Gasteiger partial charge >= 0.3 is 33.1 Å². The average Bonchev–Trinajstić information content (AvgIpc) is 3.25. The van der Waals surface area contributed by atoms with Crippen LogP contribution in [0.5, 0.6) is 0 Å². The Morgan fingerprint density at radius 2 is 0.790 bits per heavy atom. The second-order valence-corrected chi connectivity index (χ2v) is 24.1. The summed E-state index contributed by atoms with van der Waals surface area (Å²) in [6.07, 6.45) is 0.899. The molecule has 0 fully saturated rings. The van der Waals surface area contributed by atoms with E-state index in [1.54, 1.807) is 20.8 Å². The monoisotopic (exact) mass is 1060 g/mol. The molecular formula is C40H63Cl6O13P3. The summed E-state index contributed by atoms with van der Waals surface area (Å²) in [6, 6.07) is 28.1. The van der Waals surface area contributed by atoms with Crippen molar-refractivity contribution in [3.05, 3.63) is 108 Å². The molecule has 3 rings (SSSR count). The van der Waals surface area contributed by atoms with Crippen molar-refractivity contribution in [2.75, 3.05) is 43.4 Å². The minimum absolute atomic E-state index is 0. The van der Waals surface area contributed by atoms with E-state index in [9.17, 15) is 28.1 Å². The summed E-state index contributed by atoms with van der Waals surface area (Å²) in [6.45, 7) is 5.71. The van der Waals surface area contributed by atoms with Gasteiger partial charge in [0.1, 0.15) is 19.8 Å². The van der Waals surface area contributed by atoms with E-state index in [0.717, 1.165) is 16.7 Å². The van der Waals surface area contributed by atoms with Crippen molar-refractivity contribution in [2.45, 2.75) is 59.9 Å². The number of benzene rings is 3. The van der Waals surface area contributed by atoms with Gasteiger partial charge in [-0.2, -0.15) is 0 Å². The second-order valence-electron chi connectivity index (χ2n) is 12.9. The van der Waals surface area contributed by atoms with Crippen LogP contribution in [0.15, 0.2) is 91.0 Å². The van der Waals surface area contributed by atoms with Crippen molar-refractivity contribution in [3.8, 4) is 0 Å². The molecular weight excluding hydrogens is 994 g/mol. The van der Waals surface area contributed by atoms with E-state index in [1.165, 1.54) is 14.2 Å². The van der Waals surface area contributed by atoms with Crippen LogP contribution in [0.2, 0.25) is 0 Å². The highest BCUT2D eigenvalue weighted by molar-refractivity contribution is 8.08. The third-order valence-electron chi connectivity index (χ3n) is 7.95. The van der Waals surface area contributed by atoms with E-state index in [-0.39, 0.29) is 83.5 Å². The van der Waals surface area contributed by atoms with Gasteiger partial charge < -0.3 is 33.0 Å². The van der Waals surface area contributed by atoms with Crippen LogP contribution in [0, 0.1) is 17.8 Å². The van der Waals surface area contributed by atoms with Gasteiger partial charge in [-0.15, -0.1) is 46.4 Å². The zero-order valence-corrected chi connectivity index (χ0v) is 42.4. The molecule has 3 atom stereocenters. The third-order valence-corrected chi connectivity index (χ3v) is 12.5. The second kappa shape index (κ2) is 36.5. The molecule has 13 nitrogen and oxygen atoms in total. The van der Waals surface area contributed by atoms with E-state index < -0.39 is 32.9 Å². The molecule has 22 heteroatoms. The maximum Gasteiger partial charge on any atom is 0.330 e. The molecule has 0 spiro atoms. The van der Waals surface area contributed by atoms with Crippen LogP contribution in [-0.2, 0) is 71.2 Å². The van der Waals surface area contributed by atoms with Gasteiger partial charge in [0.25, 0.3) is 5.85 Å². The Bertz CT molecular complexity index is 1700. The molecule has 0 radical (unpaired) electrons. The van der Waals surface area contributed by atoms with E-state index in [1.807, 2.05) is 91.0 Å². The zero-order valence-electron chi connectivity index (χ0n) is 35.2. The van der Waals surface area contributed by atoms with Crippen molar-refractivity contribution < 1.29 is 65.4 Å². The maximum atomic E-state index is 11.9. The highest BCUT2D eigenvalue weighted by Crippen LogP contribution is 2.57. The van der Waals surface area contributed by atoms with Gasteiger partial charge in [-0.05, 0) is 58.4 Å². The lowest BCUT2D eigenvalue weighted by Crippen LogP contribution is -2.16. The molecule has 0 unspecified atom stereocenters. The van der Waals surface area contributed by atoms with Crippen LogP contribution >= 0.6 is 89.9 Å². The van der Waals surface area contributed by atoms with Crippen molar-refractivity contribution in [1.82, 2.24) is 0 Å². The number of carbonyl (C=O) groups is 3. The maximum absolute atomic E-state index is 11.9. The SMILES string of the molecule is COP(=O)(CC[C@@H](C)C(=O)OCc1ccccc1)OC.C[C@H](CCP(=O)(Cl)Cl)C(=O)OCc1ccccc1.C[C@H](CCP(=O)(O)O)C(=O)OCc1ccccc1.ClCCl.ClCCl.[2HH].[2HH].[2HH]. The highest BCUT2D eigenvalue weighted by atomic mass is 35.9. The number of carbonyl (C=O) groups excluding carboxylic acids is 3.